The summed E-state index contributed by atoms with van der Waals surface area (Å²) >= 11 is 4.89. The van der Waals surface area contributed by atoms with Gasteiger partial charge in [-0.05, 0) is 58.0 Å². The number of rotatable bonds is 5. The normalized spacial score (nSPS) is 12.7. The molecular weight excluding hydrogens is 351 g/mol. The van der Waals surface area contributed by atoms with Crippen LogP contribution in [0.5, 0.6) is 0 Å². The highest BCUT2D eigenvalue weighted by atomic mass is 79.9. The highest BCUT2D eigenvalue weighted by molar-refractivity contribution is 9.10. The van der Waals surface area contributed by atoms with Crippen molar-refractivity contribution < 1.29 is 13.2 Å². The number of halogens is 4. The monoisotopic (exact) mass is 363 g/mol. The molecule has 0 amide bonds. The standard InChI is InChI=1S/C14H13BrF3NS/c1-2-4-19-13(14-9(15)3-5-20-14)8-6-10(16)12(18)11(17)7-8/h3,5-7,13,19H,2,4H2,1H3. The number of hydrogen-bond acceptors (Lipinski definition) is 2. The minimum Gasteiger partial charge on any atom is -0.306 e. The van der Waals surface area contributed by atoms with Gasteiger partial charge in [-0.3, -0.25) is 0 Å². The van der Waals surface area contributed by atoms with Gasteiger partial charge in [0, 0.05) is 9.35 Å². The molecule has 0 radical (unpaired) electrons. The molecule has 108 valence electrons. The lowest BCUT2D eigenvalue weighted by molar-refractivity contribution is 0.442. The van der Waals surface area contributed by atoms with Crippen LogP contribution >= 0.6 is 27.3 Å². The zero-order chi connectivity index (χ0) is 14.7. The van der Waals surface area contributed by atoms with Crippen LogP contribution in [0.2, 0.25) is 0 Å². The van der Waals surface area contributed by atoms with Crippen LogP contribution in [0.3, 0.4) is 0 Å². The average molecular weight is 364 g/mol. The van der Waals surface area contributed by atoms with Gasteiger partial charge in [0.25, 0.3) is 0 Å². The predicted octanol–water partition coefficient (Wildman–Crippen LogP) is 5.02. The van der Waals surface area contributed by atoms with Crippen molar-refractivity contribution in [3.05, 3.63) is 55.9 Å². The Kier molecular flexibility index (Phi) is 5.23. The molecule has 0 aliphatic carbocycles. The van der Waals surface area contributed by atoms with Crippen LogP contribution in [-0.2, 0) is 0 Å². The van der Waals surface area contributed by atoms with Crippen molar-refractivity contribution in [2.45, 2.75) is 19.4 Å². The van der Waals surface area contributed by atoms with Crippen LogP contribution in [0.25, 0.3) is 0 Å². The van der Waals surface area contributed by atoms with Crippen molar-refractivity contribution in [3.63, 3.8) is 0 Å². The van der Waals surface area contributed by atoms with E-state index in [0.29, 0.717) is 12.1 Å². The summed E-state index contributed by atoms with van der Waals surface area (Å²) in [5.74, 6) is -3.78. The van der Waals surface area contributed by atoms with Crippen molar-refractivity contribution >= 4 is 27.3 Å². The van der Waals surface area contributed by atoms with E-state index in [4.69, 9.17) is 0 Å². The molecule has 0 aliphatic heterocycles. The van der Waals surface area contributed by atoms with Gasteiger partial charge in [0.15, 0.2) is 17.5 Å². The molecule has 1 atom stereocenters. The summed E-state index contributed by atoms with van der Waals surface area (Å²) in [6.07, 6.45) is 0.881. The molecule has 1 aromatic carbocycles. The first-order valence-electron chi connectivity index (χ1n) is 6.15. The van der Waals surface area contributed by atoms with Crippen LogP contribution < -0.4 is 5.32 Å². The van der Waals surface area contributed by atoms with E-state index in [2.05, 4.69) is 21.2 Å². The molecule has 20 heavy (non-hydrogen) atoms. The van der Waals surface area contributed by atoms with Crippen molar-refractivity contribution in [1.82, 2.24) is 5.32 Å². The summed E-state index contributed by atoms with van der Waals surface area (Å²) in [5.41, 5.74) is 0.373. The lowest BCUT2D eigenvalue weighted by Crippen LogP contribution is -2.23. The van der Waals surface area contributed by atoms with Crippen molar-refractivity contribution in [3.8, 4) is 0 Å². The SMILES string of the molecule is CCCNC(c1cc(F)c(F)c(F)c1)c1sccc1Br. The van der Waals surface area contributed by atoms with Gasteiger partial charge < -0.3 is 5.32 Å². The molecule has 6 heteroatoms. The fraction of sp³-hybridized carbons (Fsp3) is 0.286. The Morgan fingerprint density at radius 3 is 2.40 bits per heavy atom. The number of hydrogen-bond donors (Lipinski definition) is 1. The van der Waals surface area contributed by atoms with Gasteiger partial charge in [-0.1, -0.05) is 6.92 Å². The summed E-state index contributed by atoms with van der Waals surface area (Å²) < 4.78 is 40.8. The topological polar surface area (TPSA) is 12.0 Å². The van der Waals surface area contributed by atoms with Crippen LogP contribution in [0, 0.1) is 17.5 Å². The quantitative estimate of drug-likeness (QED) is 0.735. The zero-order valence-electron chi connectivity index (χ0n) is 10.7. The minimum atomic E-state index is -1.44. The van der Waals surface area contributed by atoms with E-state index in [1.807, 2.05) is 18.4 Å². The van der Waals surface area contributed by atoms with Gasteiger partial charge in [-0.2, -0.15) is 0 Å². The van der Waals surface area contributed by atoms with Crippen LogP contribution in [-0.4, -0.2) is 6.54 Å². The first-order valence-corrected chi connectivity index (χ1v) is 7.82. The second-order valence-corrected chi connectivity index (χ2v) is 6.12. The molecular formula is C14H13BrF3NS. The van der Waals surface area contributed by atoms with Crippen molar-refractivity contribution in [2.75, 3.05) is 6.54 Å². The maximum atomic E-state index is 13.4. The highest BCUT2D eigenvalue weighted by Crippen LogP contribution is 2.34. The van der Waals surface area contributed by atoms with E-state index in [-0.39, 0.29) is 6.04 Å². The second kappa shape index (κ2) is 6.74. The summed E-state index contributed by atoms with van der Waals surface area (Å²) in [4.78, 5) is 0.906. The lowest BCUT2D eigenvalue weighted by atomic mass is 10.0. The molecule has 1 unspecified atom stereocenters. The van der Waals surface area contributed by atoms with E-state index in [9.17, 15) is 13.2 Å². The number of thiophene rings is 1. The summed E-state index contributed by atoms with van der Waals surface area (Å²) in [6.45, 7) is 2.69. The Bertz CT molecular complexity index is 577. The molecule has 0 saturated heterocycles. The highest BCUT2D eigenvalue weighted by Gasteiger charge is 2.21. The summed E-state index contributed by atoms with van der Waals surface area (Å²) in [7, 11) is 0. The fourth-order valence-corrected chi connectivity index (χ4v) is 3.61. The Morgan fingerprint density at radius 1 is 1.25 bits per heavy atom. The van der Waals surface area contributed by atoms with E-state index in [1.54, 1.807) is 0 Å². The summed E-state index contributed by atoms with van der Waals surface area (Å²) in [5, 5.41) is 5.11. The van der Waals surface area contributed by atoms with Gasteiger partial charge in [0.05, 0.1) is 6.04 Å². The molecule has 1 N–H and O–H groups in total. The van der Waals surface area contributed by atoms with E-state index < -0.39 is 17.5 Å². The predicted molar refractivity (Wildman–Crippen MR) is 78.5 cm³/mol. The minimum absolute atomic E-state index is 0.367. The largest absolute Gasteiger partial charge is 0.306 e. The molecule has 0 spiro atoms. The average Bonchev–Trinajstić information content (AvgIpc) is 2.83. The van der Waals surface area contributed by atoms with Crippen LogP contribution in [0.1, 0.15) is 29.8 Å². The molecule has 1 heterocycles. The molecule has 0 bridgehead atoms. The smallest absolute Gasteiger partial charge is 0.194 e. The van der Waals surface area contributed by atoms with Crippen LogP contribution in [0.15, 0.2) is 28.1 Å². The lowest BCUT2D eigenvalue weighted by Gasteiger charge is -2.19. The Balaban J connectivity index is 2.44. The number of benzene rings is 1. The number of nitrogens with one attached hydrogen (secondary N) is 1. The molecule has 2 aromatic rings. The fourth-order valence-electron chi connectivity index (χ4n) is 1.90. The Labute approximate surface area is 128 Å². The Morgan fingerprint density at radius 2 is 1.90 bits per heavy atom. The first-order chi connectivity index (χ1) is 9.54. The van der Waals surface area contributed by atoms with Gasteiger partial charge in [-0.15, -0.1) is 11.3 Å². The molecule has 2 rings (SSSR count). The third-order valence-electron chi connectivity index (χ3n) is 2.84. The molecule has 1 aromatic heterocycles. The maximum absolute atomic E-state index is 13.4. The maximum Gasteiger partial charge on any atom is 0.194 e. The van der Waals surface area contributed by atoms with Gasteiger partial charge in [0.2, 0.25) is 0 Å². The van der Waals surface area contributed by atoms with Crippen molar-refractivity contribution in [1.29, 1.82) is 0 Å². The van der Waals surface area contributed by atoms with Gasteiger partial charge in [0.1, 0.15) is 0 Å². The molecule has 0 fully saturated rings. The molecule has 1 nitrogen and oxygen atoms in total. The van der Waals surface area contributed by atoms with Crippen LogP contribution in [0.4, 0.5) is 13.2 Å². The van der Waals surface area contributed by atoms with E-state index in [0.717, 1.165) is 27.9 Å². The van der Waals surface area contributed by atoms with Gasteiger partial charge >= 0.3 is 0 Å². The molecule has 0 aliphatic rings. The molecule has 0 saturated carbocycles. The second-order valence-electron chi connectivity index (χ2n) is 4.32. The van der Waals surface area contributed by atoms with Crippen molar-refractivity contribution in [2.24, 2.45) is 0 Å². The van der Waals surface area contributed by atoms with E-state index >= 15 is 0 Å². The Hall–Kier alpha value is -0.850. The summed E-state index contributed by atoms with van der Waals surface area (Å²) in [6, 6.07) is 3.58. The third kappa shape index (κ3) is 3.24. The van der Waals surface area contributed by atoms with E-state index in [1.165, 1.54) is 11.3 Å². The third-order valence-corrected chi connectivity index (χ3v) is 4.78. The van der Waals surface area contributed by atoms with Gasteiger partial charge in [-0.25, -0.2) is 13.2 Å². The first kappa shape index (κ1) is 15.5. The zero-order valence-corrected chi connectivity index (χ0v) is 13.1.